The van der Waals surface area contributed by atoms with E-state index in [-0.39, 0.29) is 28.0 Å². The van der Waals surface area contributed by atoms with Crippen molar-refractivity contribution in [3.8, 4) is 16.9 Å². The molecule has 0 atom stereocenters. The lowest BCUT2D eigenvalue weighted by Crippen LogP contribution is -2.09. The molecular formula is C14H10O5. The van der Waals surface area contributed by atoms with Crippen LogP contribution in [0.2, 0.25) is 0 Å². The predicted molar refractivity (Wildman–Crippen MR) is 67.5 cm³/mol. The molecule has 3 N–H and O–H groups in total. The molecule has 0 aliphatic heterocycles. The zero-order valence-electron chi connectivity index (χ0n) is 9.70. The van der Waals surface area contributed by atoms with E-state index in [4.69, 9.17) is 5.11 Å². The molecule has 2 aromatic rings. The van der Waals surface area contributed by atoms with E-state index in [9.17, 15) is 19.8 Å². The lowest BCUT2D eigenvalue weighted by atomic mass is 9.95. The first-order valence-corrected chi connectivity index (χ1v) is 5.40. The maximum atomic E-state index is 11.3. The molecule has 5 heteroatoms. The third-order valence-electron chi connectivity index (χ3n) is 2.70. The Morgan fingerprint density at radius 3 is 2.00 bits per heavy atom. The van der Waals surface area contributed by atoms with Crippen LogP contribution < -0.4 is 0 Å². The summed E-state index contributed by atoms with van der Waals surface area (Å²) in [5.74, 6) is -2.78. The van der Waals surface area contributed by atoms with Gasteiger partial charge in [0.15, 0.2) is 0 Å². The number of rotatable bonds is 3. The largest absolute Gasteiger partial charge is 0.507 e. The maximum absolute atomic E-state index is 11.3. The standard InChI is InChI=1S/C14H10O5/c15-11-7-2-1-4-8(11)9-5-3-6-10(13(16)17)12(9)14(18)19/h1-7,15H,(H,16,17)(H,18,19). The molecule has 0 aliphatic rings. The third kappa shape index (κ3) is 2.26. The summed E-state index contributed by atoms with van der Waals surface area (Å²) in [5.41, 5.74) is -0.196. The number of carboxylic acid groups (broad SMARTS) is 2. The lowest BCUT2D eigenvalue weighted by molar-refractivity contribution is 0.0652. The summed E-state index contributed by atoms with van der Waals surface area (Å²) < 4.78 is 0. The van der Waals surface area contributed by atoms with Crippen LogP contribution in [0.5, 0.6) is 5.75 Å². The van der Waals surface area contributed by atoms with Gasteiger partial charge < -0.3 is 15.3 Å². The zero-order valence-corrected chi connectivity index (χ0v) is 9.70. The number of benzene rings is 2. The van der Waals surface area contributed by atoms with E-state index in [1.807, 2.05) is 0 Å². The van der Waals surface area contributed by atoms with Crippen molar-refractivity contribution in [2.24, 2.45) is 0 Å². The number of phenols is 1. The Bertz CT molecular complexity index is 661. The molecule has 2 aromatic carbocycles. The van der Waals surface area contributed by atoms with Gasteiger partial charge in [0.25, 0.3) is 0 Å². The van der Waals surface area contributed by atoms with Gasteiger partial charge in [-0.15, -0.1) is 0 Å². The fraction of sp³-hybridized carbons (Fsp3) is 0. The van der Waals surface area contributed by atoms with Gasteiger partial charge in [0.1, 0.15) is 5.75 Å². The SMILES string of the molecule is O=C(O)c1cccc(-c2ccccc2O)c1C(=O)O. The molecule has 96 valence electrons. The molecule has 0 amide bonds. The highest BCUT2D eigenvalue weighted by molar-refractivity contribution is 6.07. The molecule has 0 saturated carbocycles. The van der Waals surface area contributed by atoms with Crippen molar-refractivity contribution in [1.82, 2.24) is 0 Å². The fourth-order valence-corrected chi connectivity index (χ4v) is 1.89. The molecule has 0 bridgehead atoms. The van der Waals surface area contributed by atoms with Crippen molar-refractivity contribution in [1.29, 1.82) is 0 Å². The minimum atomic E-state index is -1.35. The molecule has 2 rings (SSSR count). The Labute approximate surface area is 108 Å². The van der Waals surface area contributed by atoms with E-state index in [1.165, 1.54) is 30.3 Å². The fourth-order valence-electron chi connectivity index (χ4n) is 1.89. The molecule has 19 heavy (non-hydrogen) atoms. The van der Waals surface area contributed by atoms with Gasteiger partial charge in [0.05, 0.1) is 11.1 Å². The van der Waals surface area contributed by atoms with E-state index >= 15 is 0 Å². The molecule has 0 fully saturated rings. The first-order valence-electron chi connectivity index (χ1n) is 5.40. The van der Waals surface area contributed by atoms with E-state index in [1.54, 1.807) is 12.1 Å². The third-order valence-corrected chi connectivity index (χ3v) is 2.70. The summed E-state index contributed by atoms with van der Waals surface area (Å²) in [6, 6.07) is 10.3. The second-order valence-corrected chi connectivity index (χ2v) is 3.86. The van der Waals surface area contributed by atoms with Crippen LogP contribution in [0.4, 0.5) is 0 Å². The minimum absolute atomic E-state index is 0.104. The second kappa shape index (κ2) is 4.81. The van der Waals surface area contributed by atoms with Crippen molar-refractivity contribution >= 4 is 11.9 Å². The number of phenolic OH excluding ortho intramolecular Hbond substituents is 1. The highest BCUT2D eigenvalue weighted by Gasteiger charge is 2.21. The van der Waals surface area contributed by atoms with E-state index in [2.05, 4.69) is 0 Å². The number of carboxylic acids is 2. The van der Waals surface area contributed by atoms with Gasteiger partial charge in [-0.25, -0.2) is 9.59 Å². The summed E-state index contributed by atoms with van der Waals surface area (Å²) in [6.45, 7) is 0. The average Bonchev–Trinajstić information content (AvgIpc) is 2.38. The van der Waals surface area contributed by atoms with Gasteiger partial charge >= 0.3 is 11.9 Å². The molecule has 0 spiro atoms. The van der Waals surface area contributed by atoms with Crippen molar-refractivity contribution in [2.75, 3.05) is 0 Å². The number of hydrogen-bond acceptors (Lipinski definition) is 3. The van der Waals surface area contributed by atoms with Crippen LogP contribution in [-0.2, 0) is 0 Å². The number of para-hydroxylation sites is 1. The quantitative estimate of drug-likeness (QED) is 0.786. The topological polar surface area (TPSA) is 94.8 Å². The number of aromatic carboxylic acids is 2. The summed E-state index contributed by atoms with van der Waals surface area (Å²) in [5, 5.41) is 28.0. The van der Waals surface area contributed by atoms with Gasteiger partial charge in [0, 0.05) is 11.1 Å². The molecular weight excluding hydrogens is 248 g/mol. The molecule has 5 nitrogen and oxygen atoms in total. The Kier molecular flexibility index (Phi) is 3.20. The normalized spacial score (nSPS) is 10.1. The van der Waals surface area contributed by atoms with E-state index in [0.717, 1.165) is 0 Å². The number of aromatic hydroxyl groups is 1. The van der Waals surface area contributed by atoms with E-state index < -0.39 is 11.9 Å². The second-order valence-electron chi connectivity index (χ2n) is 3.86. The van der Waals surface area contributed by atoms with Crippen molar-refractivity contribution < 1.29 is 24.9 Å². The smallest absolute Gasteiger partial charge is 0.337 e. The van der Waals surface area contributed by atoms with Crippen molar-refractivity contribution in [3.63, 3.8) is 0 Å². The first kappa shape index (κ1) is 12.6. The molecule has 0 saturated heterocycles. The van der Waals surface area contributed by atoms with Crippen LogP contribution in [0, 0.1) is 0 Å². The average molecular weight is 258 g/mol. The Morgan fingerprint density at radius 1 is 0.789 bits per heavy atom. The van der Waals surface area contributed by atoms with E-state index in [0.29, 0.717) is 0 Å². The van der Waals surface area contributed by atoms with Gasteiger partial charge in [-0.1, -0.05) is 30.3 Å². The van der Waals surface area contributed by atoms with Gasteiger partial charge in [-0.05, 0) is 12.1 Å². The van der Waals surface area contributed by atoms with Gasteiger partial charge in [-0.3, -0.25) is 0 Å². The summed E-state index contributed by atoms with van der Waals surface area (Å²) in [4.78, 5) is 22.4. The summed E-state index contributed by atoms with van der Waals surface area (Å²) >= 11 is 0. The van der Waals surface area contributed by atoms with Gasteiger partial charge in [-0.2, -0.15) is 0 Å². The Balaban J connectivity index is 2.78. The molecule has 0 radical (unpaired) electrons. The Morgan fingerprint density at radius 2 is 1.42 bits per heavy atom. The van der Waals surface area contributed by atoms with Crippen LogP contribution in [0.25, 0.3) is 11.1 Å². The minimum Gasteiger partial charge on any atom is -0.507 e. The zero-order chi connectivity index (χ0) is 14.0. The van der Waals surface area contributed by atoms with Crippen LogP contribution in [0.15, 0.2) is 42.5 Å². The molecule has 0 aliphatic carbocycles. The van der Waals surface area contributed by atoms with Crippen LogP contribution >= 0.6 is 0 Å². The van der Waals surface area contributed by atoms with Crippen LogP contribution in [0.1, 0.15) is 20.7 Å². The van der Waals surface area contributed by atoms with Crippen LogP contribution in [0.3, 0.4) is 0 Å². The monoisotopic (exact) mass is 258 g/mol. The predicted octanol–water partition coefficient (Wildman–Crippen LogP) is 2.46. The highest BCUT2D eigenvalue weighted by atomic mass is 16.4. The highest BCUT2D eigenvalue weighted by Crippen LogP contribution is 2.32. The number of hydrogen-bond donors (Lipinski definition) is 3. The van der Waals surface area contributed by atoms with Crippen molar-refractivity contribution in [2.45, 2.75) is 0 Å². The molecule has 0 aromatic heterocycles. The maximum Gasteiger partial charge on any atom is 0.337 e. The van der Waals surface area contributed by atoms with Crippen LogP contribution in [-0.4, -0.2) is 27.3 Å². The molecule has 0 heterocycles. The summed E-state index contributed by atoms with van der Waals surface area (Å²) in [7, 11) is 0. The molecule has 0 unspecified atom stereocenters. The first-order chi connectivity index (χ1) is 9.02. The summed E-state index contributed by atoms with van der Waals surface area (Å²) in [6.07, 6.45) is 0. The number of carbonyl (C=O) groups is 2. The van der Waals surface area contributed by atoms with Gasteiger partial charge in [0.2, 0.25) is 0 Å². The Hall–Kier alpha value is -2.82. The lowest BCUT2D eigenvalue weighted by Gasteiger charge is -2.10. The van der Waals surface area contributed by atoms with Crippen molar-refractivity contribution in [3.05, 3.63) is 53.6 Å².